The molecule has 0 saturated heterocycles. The largest absolute Gasteiger partial charge is 0.205 e. The molecule has 0 spiro atoms. The van der Waals surface area contributed by atoms with Crippen LogP contribution in [0, 0.1) is 17.7 Å². The fraction of sp³-hybridized carbons (Fsp3) is 0.172. The Hall–Kier alpha value is -3.08. The number of benzene rings is 4. The van der Waals surface area contributed by atoms with E-state index in [0.29, 0.717) is 16.0 Å². The summed E-state index contributed by atoms with van der Waals surface area (Å²) >= 11 is 5.90. The highest BCUT2D eigenvalue weighted by molar-refractivity contribution is 6.30. The third-order valence-electron chi connectivity index (χ3n) is 5.50. The highest BCUT2D eigenvalue weighted by Gasteiger charge is 2.08. The van der Waals surface area contributed by atoms with E-state index < -0.39 is 0 Å². The normalized spacial score (nSPS) is 10.7. The Kier molecular flexibility index (Phi) is 6.70. The predicted octanol–water partition coefficient (Wildman–Crippen LogP) is 8.43. The molecule has 0 aliphatic heterocycles. The summed E-state index contributed by atoms with van der Waals surface area (Å²) in [6.07, 6.45) is 4.86. The summed E-state index contributed by atoms with van der Waals surface area (Å²) in [5.74, 6) is 5.67. The molecular formula is C29H24ClF. The second-order valence-corrected chi connectivity index (χ2v) is 8.21. The zero-order chi connectivity index (χ0) is 21.6. The van der Waals surface area contributed by atoms with Crippen LogP contribution in [0.25, 0.3) is 21.9 Å². The highest BCUT2D eigenvalue weighted by Crippen LogP contribution is 2.28. The van der Waals surface area contributed by atoms with Crippen LogP contribution in [-0.2, 0) is 6.42 Å². The Bertz CT molecular complexity index is 1240. The van der Waals surface area contributed by atoms with Gasteiger partial charge in [-0.05, 0) is 71.3 Å². The van der Waals surface area contributed by atoms with E-state index in [0.717, 1.165) is 28.5 Å². The first-order valence-corrected chi connectivity index (χ1v) is 11.1. The average molecular weight is 427 g/mol. The molecule has 4 aromatic rings. The van der Waals surface area contributed by atoms with Crippen molar-refractivity contribution in [2.24, 2.45) is 0 Å². The van der Waals surface area contributed by atoms with Crippen LogP contribution >= 0.6 is 11.6 Å². The third-order valence-corrected chi connectivity index (χ3v) is 5.75. The number of aryl methyl sites for hydroxylation is 1. The first-order valence-electron chi connectivity index (χ1n) is 10.7. The van der Waals surface area contributed by atoms with Crippen molar-refractivity contribution in [1.29, 1.82) is 0 Å². The van der Waals surface area contributed by atoms with Gasteiger partial charge in [0, 0.05) is 16.0 Å². The maximum absolute atomic E-state index is 15.0. The van der Waals surface area contributed by atoms with Crippen molar-refractivity contribution < 1.29 is 4.39 Å². The number of hydrogen-bond donors (Lipinski definition) is 0. The van der Waals surface area contributed by atoms with Crippen molar-refractivity contribution in [3.63, 3.8) is 0 Å². The molecule has 0 fully saturated rings. The van der Waals surface area contributed by atoms with Crippen LogP contribution in [0.4, 0.5) is 4.39 Å². The fourth-order valence-corrected chi connectivity index (χ4v) is 3.81. The zero-order valence-corrected chi connectivity index (χ0v) is 18.3. The number of rotatable bonds is 5. The SMILES string of the molecule is CCCCCc1ccc(-c2ccc3c(F)c(C#Cc4ccc(Cl)cc4)ccc3c2)cc1. The first kappa shape index (κ1) is 21.2. The zero-order valence-electron chi connectivity index (χ0n) is 17.6. The number of fused-ring (bicyclic) bond motifs is 1. The highest BCUT2D eigenvalue weighted by atomic mass is 35.5. The number of halogens is 2. The van der Waals surface area contributed by atoms with E-state index in [2.05, 4.69) is 43.0 Å². The second kappa shape index (κ2) is 9.82. The number of unbranched alkanes of at least 4 members (excludes halogenated alkanes) is 2. The molecule has 0 unspecified atom stereocenters. The standard InChI is InChI=1S/C29H24ClF/c1-2-3-4-5-21-6-11-23(12-7-21)25-16-19-28-26(20-25)15-14-24(29(28)31)13-8-22-9-17-27(30)18-10-22/h6-7,9-12,14-20H,2-5H2,1H3. The average Bonchev–Trinajstić information content (AvgIpc) is 2.80. The molecule has 4 rings (SSSR count). The molecule has 4 aromatic carbocycles. The van der Waals surface area contributed by atoms with Gasteiger partial charge >= 0.3 is 0 Å². The molecular weight excluding hydrogens is 403 g/mol. The minimum absolute atomic E-state index is 0.281. The van der Waals surface area contributed by atoms with Gasteiger partial charge in [0.1, 0.15) is 5.82 Å². The van der Waals surface area contributed by atoms with Gasteiger partial charge in [-0.25, -0.2) is 4.39 Å². The lowest BCUT2D eigenvalue weighted by atomic mass is 9.98. The van der Waals surface area contributed by atoms with Crippen molar-refractivity contribution in [2.45, 2.75) is 32.6 Å². The fourth-order valence-electron chi connectivity index (χ4n) is 3.68. The smallest absolute Gasteiger partial charge is 0.146 e. The molecule has 154 valence electrons. The summed E-state index contributed by atoms with van der Waals surface area (Å²) in [5.41, 5.74) is 4.80. The Morgan fingerprint density at radius 1 is 0.774 bits per heavy atom. The maximum Gasteiger partial charge on any atom is 0.146 e. The van der Waals surface area contributed by atoms with Gasteiger partial charge in [-0.3, -0.25) is 0 Å². The van der Waals surface area contributed by atoms with Crippen molar-refractivity contribution in [2.75, 3.05) is 0 Å². The van der Waals surface area contributed by atoms with E-state index in [1.807, 2.05) is 36.4 Å². The summed E-state index contributed by atoms with van der Waals surface area (Å²) in [6, 6.07) is 25.5. The molecule has 31 heavy (non-hydrogen) atoms. The molecule has 0 amide bonds. The Balaban J connectivity index is 1.58. The van der Waals surface area contributed by atoms with E-state index in [4.69, 9.17) is 11.6 Å². The van der Waals surface area contributed by atoms with E-state index in [1.165, 1.54) is 24.8 Å². The molecule has 0 heterocycles. The molecule has 0 N–H and O–H groups in total. The van der Waals surface area contributed by atoms with Crippen LogP contribution in [0.5, 0.6) is 0 Å². The quantitative estimate of drug-likeness (QED) is 0.222. The lowest BCUT2D eigenvalue weighted by Gasteiger charge is -2.08. The molecule has 0 bridgehead atoms. The van der Waals surface area contributed by atoms with Crippen LogP contribution in [0.3, 0.4) is 0 Å². The lowest BCUT2D eigenvalue weighted by Crippen LogP contribution is -1.89. The molecule has 0 aromatic heterocycles. The minimum atomic E-state index is -0.281. The lowest BCUT2D eigenvalue weighted by molar-refractivity contribution is 0.636. The van der Waals surface area contributed by atoms with E-state index in [9.17, 15) is 0 Å². The Morgan fingerprint density at radius 2 is 1.52 bits per heavy atom. The molecule has 0 aliphatic carbocycles. The summed E-state index contributed by atoms with van der Waals surface area (Å²) in [5, 5.41) is 2.12. The minimum Gasteiger partial charge on any atom is -0.205 e. The van der Waals surface area contributed by atoms with E-state index >= 15 is 4.39 Å². The third kappa shape index (κ3) is 5.16. The van der Waals surface area contributed by atoms with Crippen molar-refractivity contribution in [3.05, 3.63) is 106 Å². The summed E-state index contributed by atoms with van der Waals surface area (Å²) in [6.45, 7) is 2.22. The molecule has 0 saturated carbocycles. The van der Waals surface area contributed by atoms with Crippen LogP contribution in [0.1, 0.15) is 42.9 Å². The molecule has 2 heteroatoms. The van der Waals surface area contributed by atoms with Crippen molar-refractivity contribution in [1.82, 2.24) is 0 Å². The van der Waals surface area contributed by atoms with E-state index in [-0.39, 0.29) is 5.82 Å². The van der Waals surface area contributed by atoms with Gasteiger partial charge < -0.3 is 0 Å². The monoisotopic (exact) mass is 426 g/mol. The topological polar surface area (TPSA) is 0 Å². The van der Waals surface area contributed by atoms with Gasteiger partial charge in [0.05, 0.1) is 5.56 Å². The molecule has 0 radical (unpaired) electrons. The van der Waals surface area contributed by atoms with Gasteiger partial charge in [-0.2, -0.15) is 0 Å². The van der Waals surface area contributed by atoms with Gasteiger partial charge in [0.15, 0.2) is 0 Å². The Labute approximate surface area is 188 Å². The Morgan fingerprint density at radius 3 is 2.26 bits per heavy atom. The van der Waals surface area contributed by atoms with Crippen molar-refractivity contribution in [3.8, 4) is 23.0 Å². The summed E-state index contributed by atoms with van der Waals surface area (Å²) < 4.78 is 15.0. The predicted molar refractivity (Wildman–Crippen MR) is 130 cm³/mol. The molecule has 0 aliphatic rings. The summed E-state index contributed by atoms with van der Waals surface area (Å²) in [4.78, 5) is 0. The van der Waals surface area contributed by atoms with E-state index in [1.54, 1.807) is 18.2 Å². The van der Waals surface area contributed by atoms with Crippen LogP contribution in [0.2, 0.25) is 5.02 Å². The van der Waals surface area contributed by atoms with Crippen LogP contribution in [0.15, 0.2) is 78.9 Å². The molecule has 0 nitrogen and oxygen atoms in total. The van der Waals surface area contributed by atoms with Gasteiger partial charge in [-0.1, -0.05) is 85.7 Å². The summed E-state index contributed by atoms with van der Waals surface area (Å²) in [7, 11) is 0. The second-order valence-electron chi connectivity index (χ2n) is 7.77. The van der Waals surface area contributed by atoms with Crippen molar-refractivity contribution >= 4 is 22.4 Å². The van der Waals surface area contributed by atoms with Gasteiger partial charge in [-0.15, -0.1) is 0 Å². The van der Waals surface area contributed by atoms with Crippen LogP contribution in [-0.4, -0.2) is 0 Å². The maximum atomic E-state index is 15.0. The number of hydrogen-bond acceptors (Lipinski definition) is 0. The van der Waals surface area contributed by atoms with Crippen LogP contribution < -0.4 is 0 Å². The first-order chi connectivity index (χ1) is 15.1. The molecule has 0 atom stereocenters. The van der Waals surface area contributed by atoms with Gasteiger partial charge in [0.25, 0.3) is 0 Å². The van der Waals surface area contributed by atoms with Gasteiger partial charge in [0.2, 0.25) is 0 Å².